The maximum Gasteiger partial charge on any atom is 0.211 e. The zero-order valence-electron chi connectivity index (χ0n) is 16.4. The molecule has 0 bridgehead atoms. The van der Waals surface area contributed by atoms with Crippen molar-refractivity contribution in [2.24, 2.45) is 0 Å². The summed E-state index contributed by atoms with van der Waals surface area (Å²) in [6.45, 7) is 5.24. The molecule has 8 heteroatoms. The quantitative estimate of drug-likeness (QED) is 0.676. The summed E-state index contributed by atoms with van der Waals surface area (Å²) in [7, 11) is -3.13. The molecule has 0 saturated carbocycles. The van der Waals surface area contributed by atoms with Crippen LogP contribution in [0, 0.1) is 13.8 Å². The van der Waals surface area contributed by atoms with Crippen LogP contribution in [0.25, 0.3) is 11.5 Å². The highest BCUT2D eigenvalue weighted by molar-refractivity contribution is 7.88. The molecular formula is C20H25N5O2S. The van der Waals surface area contributed by atoms with E-state index in [4.69, 9.17) is 5.10 Å². The Labute approximate surface area is 165 Å². The highest BCUT2D eigenvalue weighted by Crippen LogP contribution is 2.31. The van der Waals surface area contributed by atoms with Crippen LogP contribution in [0.5, 0.6) is 0 Å². The summed E-state index contributed by atoms with van der Waals surface area (Å²) in [4.78, 5) is 0. The zero-order valence-corrected chi connectivity index (χ0v) is 17.2. The van der Waals surface area contributed by atoms with Gasteiger partial charge in [0.15, 0.2) is 5.82 Å². The lowest BCUT2D eigenvalue weighted by Gasteiger charge is -2.29. The van der Waals surface area contributed by atoms with Crippen molar-refractivity contribution >= 4 is 10.0 Å². The normalized spacial score (nSPS) is 16.5. The third-order valence-electron chi connectivity index (χ3n) is 5.37. The second kappa shape index (κ2) is 7.18. The van der Waals surface area contributed by atoms with Crippen molar-refractivity contribution in [2.75, 3.05) is 19.3 Å². The molecule has 4 rings (SSSR count). The maximum absolute atomic E-state index is 11.8. The third-order valence-corrected chi connectivity index (χ3v) is 6.67. The van der Waals surface area contributed by atoms with Crippen LogP contribution >= 0.6 is 0 Å². The van der Waals surface area contributed by atoms with Gasteiger partial charge in [-0.15, -0.1) is 0 Å². The van der Waals surface area contributed by atoms with Gasteiger partial charge in [0, 0.05) is 37.5 Å². The van der Waals surface area contributed by atoms with Crippen molar-refractivity contribution in [2.45, 2.75) is 32.6 Å². The van der Waals surface area contributed by atoms with Crippen LogP contribution in [-0.4, -0.2) is 51.6 Å². The molecule has 0 unspecified atom stereocenters. The van der Waals surface area contributed by atoms with E-state index < -0.39 is 10.0 Å². The predicted molar refractivity (Wildman–Crippen MR) is 109 cm³/mol. The molecule has 0 radical (unpaired) electrons. The second-order valence-corrected chi connectivity index (χ2v) is 9.50. The lowest BCUT2D eigenvalue weighted by atomic mass is 9.95. The Morgan fingerprint density at radius 3 is 2.46 bits per heavy atom. The fourth-order valence-electron chi connectivity index (χ4n) is 3.86. The molecule has 0 spiro atoms. The molecule has 2 aromatic heterocycles. The second-order valence-electron chi connectivity index (χ2n) is 7.52. The van der Waals surface area contributed by atoms with Gasteiger partial charge in [0.25, 0.3) is 0 Å². The van der Waals surface area contributed by atoms with Crippen molar-refractivity contribution in [3.8, 4) is 11.5 Å². The maximum atomic E-state index is 11.8. The van der Waals surface area contributed by atoms with Crippen LogP contribution in [0.15, 0.2) is 42.7 Å². The van der Waals surface area contributed by atoms with Gasteiger partial charge in [-0.3, -0.25) is 0 Å². The summed E-state index contributed by atoms with van der Waals surface area (Å²) in [5.41, 5.74) is 4.37. The van der Waals surface area contributed by atoms with Crippen molar-refractivity contribution in [3.63, 3.8) is 0 Å². The largest absolute Gasteiger partial charge is 0.223 e. The van der Waals surface area contributed by atoms with Gasteiger partial charge in [-0.25, -0.2) is 22.1 Å². The van der Waals surface area contributed by atoms with Gasteiger partial charge in [-0.1, -0.05) is 17.7 Å². The van der Waals surface area contributed by atoms with E-state index in [-0.39, 0.29) is 5.92 Å². The highest BCUT2D eigenvalue weighted by Gasteiger charge is 2.28. The van der Waals surface area contributed by atoms with E-state index in [0.717, 1.165) is 35.6 Å². The fourth-order valence-corrected chi connectivity index (χ4v) is 4.73. The average Bonchev–Trinajstić information content (AvgIpc) is 3.31. The molecule has 0 amide bonds. The first-order valence-corrected chi connectivity index (χ1v) is 11.3. The molecule has 1 fully saturated rings. The SMILES string of the molecule is Cc1ccc(-n2nc(C3CCN(S(C)(=O)=O)CC3)cc2-n2cccn2)c(C)c1. The first-order valence-electron chi connectivity index (χ1n) is 9.45. The third kappa shape index (κ3) is 3.62. The van der Waals surface area contributed by atoms with E-state index in [0.29, 0.717) is 13.1 Å². The molecule has 3 aromatic rings. The number of rotatable bonds is 4. The van der Waals surface area contributed by atoms with Gasteiger partial charge in [0.2, 0.25) is 10.0 Å². The first kappa shape index (κ1) is 18.9. The van der Waals surface area contributed by atoms with Gasteiger partial charge in [0.1, 0.15) is 0 Å². The molecule has 1 saturated heterocycles. The van der Waals surface area contributed by atoms with Gasteiger partial charge in [-0.2, -0.15) is 10.2 Å². The van der Waals surface area contributed by atoms with Crippen LogP contribution in [-0.2, 0) is 10.0 Å². The van der Waals surface area contributed by atoms with Crippen LogP contribution in [0.1, 0.15) is 35.6 Å². The van der Waals surface area contributed by atoms with Gasteiger partial charge < -0.3 is 0 Å². The zero-order chi connectivity index (χ0) is 19.9. The topological polar surface area (TPSA) is 73.0 Å². The van der Waals surface area contributed by atoms with Crippen LogP contribution < -0.4 is 0 Å². The molecule has 28 heavy (non-hydrogen) atoms. The fraction of sp³-hybridized carbons (Fsp3) is 0.400. The molecule has 1 aliphatic rings. The van der Waals surface area contributed by atoms with Crippen molar-refractivity contribution in [1.82, 2.24) is 23.9 Å². The first-order chi connectivity index (χ1) is 13.3. The number of piperidine rings is 1. The molecule has 7 nitrogen and oxygen atoms in total. The number of nitrogens with zero attached hydrogens (tertiary/aromatic N) is 5. The molecule has 0 atom stereocenters. The summed E-state index contributed by atoms with van der Waals surface area (Å²) >= 11 is 0. The molecular weight excluding hydrogens is 374 g/mol. The molecule has 1 aliphatic heterocycles. The average molecular weight is 400 g/mol. The molecule has 0 aliphatic carbocycles. The van der Waals surface area contributed by atoms with E-state index in [1.807, 2.05) is 21.6 Å². The Kier molecular flexibility index (Phi) is 4.84. The summed E-state index contributed by atoms with van der Waals surface area (Å²) in [5.74, 6) is 1.12. The minimum Gasteiger partial charge on any atom is -0.223 e. The van der Waals surface area contributed by atoms with Crippen LogP contribution in [0.2, 0.25) is 0 Å². The van der Waals surface area contributed by atoms with Crippen molar-refractivity contribution in [1.29, 1.82) is 0 Å². The monoisotopic (exact) mass is 399 g/mol. The number of sulfonamides is 1. The van der Waals surface area contributed by atoms with E-state index in [1.54, 1.807) is 10.5 Å². The number of aromatic nitrogens is 4. The van der Waals surface area contributed by atoms with E-state index >= 15 is 0 Å². The summed E-state index contributed by atoms with van der Waals surface area (Å²) < 4.78 is 28.9. The van der Waals surface area contributed by atoms with E-state index in [2.05, 4.69) is 43.2 Å². The Balaban J connectivity index is 1.71. The summed E-state index contributed by atoms with van der Waals surface area (Å²) in [5, 5.41) is 9.32. The molecule has 148 valence electrons. The Morgan fingerprint density at radius 1 is 1.11 bits per heavy atom. The Hall–Kier alpha value is -2.45. The lowest BCUT2D eigenvalue weighted by molar-refractivity contribution is 0.318. The number of hydrogen-bond donors (Lipinski definition) is 0. The van der Waals surface area contributed by atoms with Gasteiger partial charge in [-0.05, 0) is 44.4 Å². The smallest absolute Gasteiger partial charge is 0.211 e. The number of aryl methyl sites for hydroxylation is 2. The molecule has 3 heterocycles. The number of hydrogen-bond acceptors (Lipinski definition) is 4. The van der Waals surface area contributed by atoms with E-state index in [9.17, 15) is 8.42 Å². The Bertz CT molecular complexity index is 1080. The molecule has 0 N–H and O–H groups in total. The van der Waals surface area contributed by atoms with Gasteiger partial charge in [0.05, 0.1) is 17.6 Å². The number of benzene rings is 1. The molecule has 1 aromatic carbocycles. The van der Waals surface area contributed by atoms with Crippen molar-refractivity contribution < 1.29 is 8.42 Å². The lowest BCUT2D eigenvalue weighted by Crippen LogP contribution is -2.37. The van der Waals surface area contributed by atoms with Crippen LogP contribution in [0.4, 0.5) is 0 Å². The van der Waals surface area contributed by atoms with Crippen molar-refractivity contribution in [3.05, 3.63) is 59.5 Å². The predicted octanol–water partition coefficient (Wildman–Crippen LogP) is 2.81. The minimum absolute atomic E-state index is 0.235. The van der Waals surface area contributed by atoms with E-state index in [1.165, 1.54) is 11.8 Å². The summed E-state index contributed by atoms with van der Waals surface area (Å²) in [6.07, 6.45) is 6.49. The Morgan fingerprint density at radius 2 is 1.86 bits per heavy atom. The standard InChI is InChI=1S/C20H25N5O2S/c1-15-5-6-19(16(2)13-15)25-20(24-10-4-9-21-24)14-18(22-25)17-7-11-23(12-8-17)28(3,26)27/h4-6,9-10,13-14,17H,7-8,11-12H2,1-3H3. The van der Waals surface area contributed by atoms with Gasteiger partial charge >= 0.3 is 0 Å². The summed E-state index contributed by atoms with van der Waals surface area (Å²) in [6, 6.07) is 10.3. The van der Waals surface area contributed by atoms with Crippen LogP contribution in [0.3, 0.4) is 0 Å². The minimum atomic E-state index is -3.13. The highest BCUT2D eigenvalue weighted by atomic mass is 32.2.